The van der Waals surface area contributed by atoms with Crippen molar-refractivity contribution >= 4 is 21.4 Å². The van der Waals surface area contributed by atoms with Crippen molar-refractivity contribution in [3.63, 3.8) is 0 Å². The Morgan fingerprint density at radius 2 is 1.81 bits per heavy atom. The summed E-state index contributed by atoms with van der Waals surface area (Å²) in [6.45, 7) is 0. The first-order valence-electron chi connectivity index (χ1n) is 5.23. The van der Waals surface area contributed by atoms with E-state index in [1.165, 1.54) is 0 Å². The minimum Gasteiger partial charge on any atom is -0.369 e. The lowest BCUT2D eigenvalue weighted by Gasteiger charge is -2.13. The molecule has 0 bridgehead atoms. The first-order valence-corrected chi connectivity index (χ1v) is 7.15. The van der Waals surface area contributed by atoms with Crippen molar-refractivity contribution < 1.29 is 13.2 Å². The number of sulfone groups is 1. The van der Waals surface area contributed by atoms with Gasteiger partial charge >= 0.3 is 0 Å². The van der Waals surface area contributed by atoms with Crippen molar-refractivity contribution in [1.29, 1.82) is 0 Å². The van der Waals surface area contributed by atoms with Crippen LogP contribution in [0.3, 0.4) is 0 Å². The van der Waals surface area contributed by atoms with Crippen LogP contribution in [0.15, 0.2) is 29.2 Å². The Balaban J connectivity index is 1.96. The highest BCUT2D eigenvalue weighted by Gasteiger charge is 2.52. The molecule has 1 aromatic rings. The van der Waals surface area contributed by atoms with Crippen molar-refractivity contribution in [2.45, 2.75) is 35.2 Å². The first-order chi connectivity index (χ1) is 7.59. The number of benzene rings is 1. The Kier molecular flexibility index (Phi) is 2.28. The summed E-state index contributed by atoms with van der Waals surface area (Å²) in [6, 6.07) is 6.62. The van der Waals surface area contributed by atoms with Gasteiger partial charge in [0.05, 0.1) is 27.4 Å². The summed E-state index contributed by atoms with van der Waals surface area (Å²) in [5.41, 5.74) is 0. The third kappa shape index (κ3) is 1.56. The topological polar surface area (TPSA) is 46.7 Å². The van der Waals surface area contributed by atoms with Gasteiger partial charge in [-0.3, -0.25) is 0 Å². The number of epoxide rings is 1. The van der Waals surface area contributed by atoms with E-state index in [0.717, 1.165) is 0 Å². The SMILES string of the molecule is O=S(=O)(c1ccccc1Cl)[C@@H]1C[C@@H]2O[C@@H]2C1. The zero-order valence-electron chi connectivity index (χ0n) is 8.47. The summed E-state index contributed by atoms with van der Waals surface area (Å²) in [6.07, 6.45) is 1.56. The molecule has 86 valence electrons. The van der Waals surface area contributed by atoms with E-state index < -0.39 is 9.84 Å². The summed E-state index contributed by atoms with van der Waals surface area (Å²) in [5.74, 6) is 0. The van der Waals surface area contributed by atoms with Crippen LogP contribution in [0.5, 0.6) is 0 Å². The lowest BCUT2D eigenvalue weighted by atomic mass is 10.3. The zero-order chi connectivity index (χ0) is 11.3. The fourth-order valence-corrected chi connectivity index (χ4v) is 4.63. The van der Waals surface area contributed by atoms with E-state index in [-0.39, 0.29) is 22.4 Å². The van der Waals surface area contributed by atoms with Crippen molar-refractivity contribution in [3.8, 4) is 0 Å². The highest BCUT2D eigenvalue weighted by Crippen LogP contribution is 2.43. The predicted octanol–water partition coefficient (Wildman–Crippen LogP) is 2.04. The summed E-state index contributed by atoms with van der Waals surface area (Å²) in [5, 5.41) is -0.0138. The zero-order valence-corrected chi connectivity index (χ0v) is 10.0. The number of halogens is 1. The van der Waals surface area contributed by atoms with Gasteiger partial charge in [-0.15, -0.1) is 0 Å². The van der Waals surface area contributed by atoms with Crippen LogP contribution in [0, 0.1) is 0 Å². The quantitative estimate of drug-likeness (QED) is 0.763. The Morgan fingerprint density at radius 3 is 2.44 bits per heavy atom. The normalized spacial score (nSPS) is 32.4. The van der Waals surface area contributed by atoms with Gasteiger partial charge < -0.3 is 4.74 Å². The summed E-state index contributed by atoms with van der Waals surface area (Å²) < 4.78 is 29.8. The number of ether oxygens (including phenoxy) is 1. The average molecular weight is 259 g/mol. The van der Waals surface area contributed by atoms with Gasteiger partial charge in [0.1, 0.15) is 0 Å². The molecule has 3 rings (SSSR count). The van der Waals surface area contributed by atoms with Crippen molar-refractivity contribution in [1.82, 2.24) is 0 Å². The van der Waals surface area contributed by atoms with Gasteiger partial charge in [0.15, 0.2) is 9.84 Å². The van der Waals surface area contributed by atoms with Gasteiger partial charge in [0.2, 0.25) is 0 Å². The van der Waals surface area contributed by atoms with Gasteiger partial charge in [-0.1, -0.05) is 23.7 Å². The molecule has 2 fully saturated rings. The molecule has 3 atom stereocenters. The average Bonchev–Trinajstić information content (AvgIpc) is 2.86. The second kappa shape index (κ2) is 3.45. The van der Waals surface area contributed by atoms with E-state index in [4.69, 9.17) is 16.3 Å². The van der Waals surface area contributed by atoms with E-state index in [1.54, 1.807) is 24.3 Å². The molecule has 3 nitrogen and oxygen atoms in total. The fraction of sp³-hybridized carbons (Fsp3) is 0.455. The minimum absolute atomic E-state index is 0.169. The second-order valence-electron chi connectivity index (χ2n) is 4.28. The van der Waals surface area contributed by atoms with Crippen LogP contribution in [-0.2, 0) is 14.6 Å². The van der Waals surface area contributed by atoms with Gasteiger partial charge in [-0.2, -0.15) is 0 Å². The Labute approximate surface area is 99.3 Å². The van der Waals surface area contributed by atoms with E-state index in [1.807, 2.05) is 0 Å². The molecule has 2 aliphatic rings. The predicted molar refractivity (Wildman–Crippen MR) is 60.3 cm³/mol. The van der Waals surface area contributed by atoms with E-state index in [0.29, 0.717) is 17.9 Å². The largest absolute Gasteiger partial charge is 0.369 e. The first kappa shape index (κ1) is 10.6. The number of hydrogen-bond donors (Lipinski definition) is 0. The highest BCUT2D eigenvalue weighted by atomic mass is 35.5. The molecule has 0 N–H and O–H groups in total. The Morgan fingerprint density at radius 1 is 1.19 bits per heavy atom. The fourth-order valence-electron chi connectivity index (χ4n) is 2.32. The molecule has 0 amide bonds. The van der Waals surface area contributed by atoms with Crippen LogP contribution in [-0.4, -0.2) is 25.9 Å². The van der Waals surface area contributed by atoms with Gasteiger partial charge in [0.25, 0.3) is 0 Å². The second-order valence-corrected chi connectivity index (χ2v) is 6.89. The maximum Gasteiger partial charge on any atom is 0.182 e. The van der Waals surface area contributed by atoms with Crippen molar-refractivity contribution in [2.24, 2.45) is 0 Å². The number of hydrogen-bond acceptors (Lipinski definition) is 3. The maximum atomic E-state index is 12.3. The van der Waals surface area contributed by atoms with E-state index in [2.05, 4.69) is 0 Å². The van der Waals surface area contributed by atoms with Crippen LogP contribution in [0.4, 0.5) is 0 Å². The van der Waals surface area contributed by atoms with Crippen LogP contribution in [0.1, 0.15) is 12.8 Å². The summed E-state index contributed by atoms with van der Waals surface area (Å²) in [4.78, 5) is 0.253. The van der Waals surface area contributed by atoms with Crippen LogP contribution in [0.25, 0.3) is 0 Å². The summed E-state index contributed by atoms with van der Waals surface area (Å²) >= 11 is 5.92. The molecule has 1 aliphatic carbocycles. The van der Waals surface area contributed by atoms with Gasteiger partial charge in [-0.05, 0) is 25.0 Å². The van der Waals surface area contributed by atoms with Crippen molar-refractivity contribution in [2.75, 3.05) is 0 Å². The molecular formula is C11H11ClO3S. The lowest BCUT2D eigenvalue weighted by Crippen LogP contribution is -2.21. The van der Waals surface area contributed by atoms with Crippen LogP contribution in [0.2, 0.25) is 5.02 Å². The molecule has 1 saturated carbocycles. The Bertz CT molecular complexity index is 516. The molecule has 1 saturated heterocycles. The molecule has 1 heterocycles. The standard InChI is InChI=1S/C11H11ClO3S/c12-8-3-1-2-4-11(8)16(13,14)7-5-9-10(6-7)15-9/h1-4,7,9-10H,5-6H2/t7-,9+,10-. The molecule has 0 unspecified atom stereocenters. The molecule has 0 spiro atoms. The molecule has 1 aliphatic heterocycles. The van der Waals surface area contributed by atoms with Gasteiger partial charge in [0, 0.05) is 0 Å². The van der Waals surface area contributed by atoms with Gasteiger partial charge in [-0.25, -0.2) is 8.42 Å². The third-order valence-electron chi connectivity index (χ3n) is 3.26. The van der Waals surface area contributed by atoms with Crippen molar-refractivity contribution in [3.05, 3.63) is 29.3 Å². The molecule has 5 heteroatoms. The highest BCUT2D eigenvalue weighted by molar-refractivity contribution is 7.92. The number of fused-ring (bicyclic) bond motifs is 1. The van der Waals surface area contributed by atoms with E-state index in [9.17, 15) is 8.42 Å². The third-order valence-corrected chi connectivity index (χ3v) is 5.93. The molecule has 1 aromatic carbocycles. The smallest absolute Gasteiger partial charge is 0.182 e. The number of rotatable bonds is 2. The maximum absolute atomic E-state index is 12.3. The van der Waals surface area contributed by atoms with Crippen LogP contribution >= 0.6 is 11.6 Å². The Hall–Kier alpha value is -0.580. The monoisotopic (exact) mass is 258 g/mol. The molecule has 0 radical (unpaired) electrons. The lowest BCUT2D eigenvalue weighted by molar-refractivity contribution is 0.322. The summed E-state index contributed by atoms with van der Waals surface area (Å²) in [7, 11) is -3.28. The molecule has 0 aromatic heterocycles. The van der Waals surface area contributed by atoms with Crippen LogP contribution < -0.4 is 0 Å². The minimum atomic E-state index is -3.28. The molecule has 16 heavy (non-hydrogen) atoms. The molecular weight excluding hydrogens is 248 g/mol. The van der Waals surface area contributed by atoms with E-state index >= 15 is 0 Å².